The Balaban J connectivity index is 1.18. The Morgan fingerprint density at radius 1 is 1.17 bits per heavy atom. The average molecular weight is 487 g/mol. The molecule has 186 valence electrons. The number of amides is 1. The van der Waals surface area contributed by atoms with Gasteiger partial charge in [0.15, 0.2) is 17.2 Å². The fourth-order valence-electron chi connectivity index (χ4n) is 5.00. The van der Waals surface area contributed by atoms with Crippen LogP contribution in [0.4, 0.5) is 5.82 Å². The van der Waals surface area contributed by atoms with Crippen molar-refractivity contribution in [2.45, 2.75) is 44.8 Å². The maximum absolute atomic E-state index is 12.8. The highest BCUT2D eigenvalue weighted by molar-refractivity contribution is 5.94. The van der Waals surface area contributed by atoms with E-state index >= 15 is 0 Å². The van der Waals surface area contributed by atoms with Crippen molar-refractivity contribution in [3.63, 3.8) is 0 Å². The molecule has 6 rings (SSSR count). The highest BCUT2D eigenvalue weighted by atomic mass is 16.5. The molecule has 10 nitrogen and oxygen atoms in total. The number of likely N-dealkylation sites (tertiary alicyclic amines) is 1. The molecule has 0 bridgehead atoms. The highest BCUT2D eigenvalue weighted by Crippen LogP contribution is 2.47. The van der Waals surface area contributed by atoms with E-state index in [-0.39, 0.29) is 23.8 Å². The lowest BCUT2D eigenvalue weighted by molar-refractivity contribution is -0.117. The Hall–Kier alpha value is -3.79. The van der Waals surface area contributed by atoms with Gasteiger partial charge in [0.05, 0.1) is 11.9 Å². The van der Waals surface area contributed by atoms with Gasteiger partial charge in [-0.15, -0.1) is 5.10 Å². The smallest absolute Gasteiger partial charge is 0.229 e. The lowest BCUT2D eigenvalue weighted by Gasteiger charge is -2.14. The molecule has 0 radical (unpaired) electrons. The normalized spacial score (nSPS) is 23.8. The van der Waals surface area contributed by atoms with Crippen LogP contribution < -0.4 is 10.1 Å². The molecule has 4 aromatic heterocycles. The topological polar surface area (TPSA) is 102 Å². The van der Waals surface area contributed by atoms with Crippen molar-refractivity contribution in [1.29, 1.82) is 0 Å². The van der Waals surface area contributed by atoms with Crippen LogP contribution in [-0.4, -0.2) is 65.9 Å². The van der Waals surface area contributed by atoms with Gasteiger partial charge in [-0.1, -0.05) is 6.07 Å². The molecule has 0 aromatic carbocycles. The van der Waals surface area contributed by atoms with Crippen molar-refractivity contribution in [2.24, 2.45) is 13.0 Å². The van der Waals surface area contributed by atoms with Crippen molar-refractivity contribution in [2.75, 3.05) is 18.9 Å². The third kappa shape index (κ3) is 4.21. The summed E-state index contributed by atoms with van der Waals surface area (Å²) in [7, 11) is 4.00. The standard InChI is InChI=1S/C26H30N8O2/c1-15-5-6-20(27-12-15)18-10-19(18)26(35)30-23-11-24-29-21(7-8-34(24)31-23)25-22(13-28-33(25)4)36-17-9-16(2)32(3)14-17/h5-8,11-13,16-19H,9-10,14H2,1-4H3,(H,30,31,35)/t16-,17-,18+,19-/m0/s1. The van der Waals surface area contributed by atoms with Crippen LogP contribution >= 0.6 is 0 Å². The molecule has 1 saturated heterocycles. The van der Waals surface area contributed by atoms with Crippen LogP contribution in [0.3, 0.4) is 0 Å². The summed E-state index contributed by atoms with van der Waals surface area (Å²) in [5, 5.41) is 11.9. The summed E-state index contributed by atoms with van der Waals surface area (Å²) in [5.74, 6) is 1.25. The van der Waals surface area contributed by atoms with Crippen molar-refractivity contribution in [3.05, 3.63) is 54.1 Å². The van der Waals surface area contributed by atoms with Gasteiger partial charge in [0, 0.05) is 62.0 Å². The number of aryl methyl sites for hydroxylation is 2. The molecule has 1 N–H and O–H groups in total. The quantitative estimate of drug-likeness (QED) is 0.447. The number of carbonyl (C=O) groups is 1. The molecule has 2 aliphatic rings. The van der Waals surface area contributed by atoms with Gasteiger partial charge in [-0.05, 0) is 45.0 Å². The number of anilines is 1. The third-order valence-electron chi connectivity index (χ3n) is 7.31. The zero-order valence-corrected chi connectivity index (χ0v) is 20.9. The molecule has 1 aliphatic carbocycles. The molecule has 1 aliphatic heterocycles. The highest BCUT2D eigenvalue weighted by Gasteiger charge is 2.45. The number of hydrogen-bond acceptors (Lipinski definition) is 7. The minimum atomic E-state index is -0.0833. The summed E-state index contributed by atoms with van der Waals surface area (Å²) in [6, 6.07) is 8.20. The first-order chi connectivity index (χ1) is 17.4. The first-order valence-electron chi connectivity index (χ1n) is 12.3. The zero-order valence-electron chi connectivity index (χ0n) is 20.9. The second-order valence-electron chi connectivity index (χ2n) is 10.1. The lowest BCUT2D eigenvalue weighted by Crippen LogP contribution is -2.23. The van der Waals surface area contributed by atoms with Gasteiger partial charge in [-0.25, -0.2) is 9.50 Å². The van der Waals surface area contributed by atoms with Gasteiger partial charge < -0.3 is 10.1 Å². The Morgan fingerprint density at radius 2 is 2.03 bits per heavy atom. The Bertz CT molecular complexity index is 1420. The van der Waals surface area contributed by atoms with Gasteiger partial charge in [0.2, 0.25) is 5.91 Å². The zero-order chi connectivity index (χ0) is 25.0. The van der Waals surface area contributed by atoms with E-state index in [2.05, 4.69) is 39.4 Å². The number of carbonyl (C=O) groups excluding carboxylic acids is 1. The monoisotopic (exact) mass is 486 g/mol. The molecule has 5 heterocycles. The molecule has 2 fully saturated rings. The summed E-state index contributed by atoms with van der Waals surface area (Å²) in [6.07, 6.45) is 7.34. The van der Waals surface area contributed by atoms with E-state index in [1.54, 1.807) is 21.5 Å². The summed E-state index contributed by atoms with van der Waals surface area (Å²) < 4.78 is 9.77. The number of nitrogens with one attached hydrogen (secondary N) is 1. The predicted molar refractivity (Wildman–Crippen MR) is 135 cm³/mol. The number of likely N-dealkylation sites (N-methyl/N-ethyl adjacent to an activating group) is 1. The summed E-state index contributed by atoms with van der Waals surface area (Å²) in [4.78, 5) is 24.4. The SMILES string of the molecule is Cc1ccc([C@@H]2C[C@@H]2C(=O)Nc2cc3nc(-c4c(O[C@H]5C[C@H](C)N(C)C5)cnn4C)ccn3n2)nc1. The Morgan fingerprint density at radius 3 is 2.78 bits per heavy atom. The summed E-state index contributed by atoms with van der Waals surface area (Å²) >= 11 is 0. The number of rotatable bonds is 6. The Labute approximate surface area is 209 Å². The molecule has 0 spiro atoms. The van der Waals surface area contributed by atoms with E-state index in [0.717, 1.165) is 47.8 Å². The van der Waals surface area contributed by atoms with E-state index in [1.165, 1.54) is 0 Å². The van der Waals surface area contributed by atoms with Gasteiger partial charge in [0.25, 0.3) is 0 Å². The van der Waals surface area contributed by atoms with Crippen molar-refractivity contribution < 1.29 is 9.53 Å². The maximum atomic E-state index is 12.8. The van der Waals surface area contributed by atoms with Crippen LogP contribution in [0.5, 0.6) is 5.75 Å². The molecular formula is C26H30N8O2. The molecule has 10 heteroatoms. The van der Waals surface area contributed by atoms with Crippen LogP contribution in [0, 0.1) is 12.8 Å². The molecule has 1 amide bonds. The van der Waals surface area contributed by atoms with Gasteiger partial charge in [-0.3, -0.25) is 19.4 Å². The maximum Gasteiger partial charge on any atom is 0.229 e. The molecule has 4 atom stereocenters. The summed E-state index contributed by atoms with van der Waals surface area (Å²) in [5.41, 5.74) is 4.27. The van der Waals surface area contributed by atoms with Gasteiger partial charge >= 0.3 is 0 Å². The van der Waals surface area contributed by atoms with E-state index in [0.29, 0.717) is 17.5 Å². The fourth-order valence-corrected chi connectivity index (χ4v) is 5.00. The first-order valence-corrected chi connectivity index (χ1v) is 12.3. The van der Waals surface area contributed by atoms with Crippen LogP contribution in [0.15, 0.2) is 42.9 Å². The number of nitrogens with zero attached hydrogens (tertiary/aromatic N) is 7. The number of ether oxygens (including phenoxy) is 1. The van der Waals surface area contributed by atoms with Crippen molar-refractivity contribution in [3.8, 4) is 17.1 Å². The lowest BCUT2D eigenvalue weighted by atomic mass is 10.2. The van der Waals surface area contributed by atoms with Gasteiger partial charge in [0.1, 0.15) is 11.8 Å². The number of pyridine rings is 1. The number of hydrogen-bond donors (Lipinski definition) is 1. The minimum absolute atomic E-state index is 0.0379. The minimum Gasteiger partial charge on any atom is -0.485 e. The average Bonchev–Trinajstić information content (AvgIpc) is 3.29. The van der Waals surface area contributed by atoms with Crippen LogP contribution in [-0.2, 0) is 11.8 Å². The number of aromatic nitrogens is 6. The van der Waals surface area contributed by atoms with Crippen LogP contribution in [0.2, 0.25) is 0 Å². The first kappa shape index (κ1) is 22.7. The van der Waals surface area contributed by atoms with Crippen molar-refractivity contribution >= 4 is 17.4 Å². The van der Waals surface area contributed by atoms with E-state index in [4.69, 9.17) is 9.72 Å². The van der Waals surface area contributed by atoms with E-state index < -0.39 is 0 Å². The molecule has 4 aromatic rings. The fraction of sp³-hybridized carbons (Fsp3) is 0.423. The molecule has 36 heavy (non-hydrogen) atoms. The van der Waals surface area contributed by atoms with Gasteiger partial charge in [-0.2, -0.15) is 5.10 Å². The predicted octanol–water partition coefficient (Wildman–Crippen LogP) is 3.05. The second kappa shape index (κ2) is 8.70. The van der Waals surface area contributed by atoms with E-state index in [9.17, 15) is 4.79 Å². The van der Waals surface area contributed by atoms with Crippen LogP contribution in [0.25, 0.3) is 17.0 Å². The Kier molecular flexibility index (Phi) is 5.48. The summed E-state index contributed by atoms with van der Waals surface area (Å²) in [6.45, 7) is 5.10. The molecule has 1 saturated carbocycles. The third-order valence-corrected chi connectivity index (χ3v) is 7.31. The number of fused-ring (bicyclic) bond motifs is 1. The van der Waals surface area contributed by atoms with Crippen molar-refractivity contribution in [1.82, 2.24) is 34.3 Å². The largest absolute Gasteiger partial charge is 0.485 e. The second-order valence-corrected chi connectivity index (χ2v) is 10.1. The van der Waals surface area contributed by atoms with E-state index in [1.807, 2.05) is 44.6 Å². The molecule has 0 unspecified atom stereocenters. The molecular weight excluding hydrogens is 456 g/mol. The van der Waals surface area contributed by atoms with Crippen LogP contribution in [0.1, 0.15) is 36.9 Å².